The zero-order valence-corrected chi connectivity index (χ0v) is 9.03. The summed E-state index contributed by atoms with van der Waals surface area (Å²) in [5, 5.41) is 8.46. The van der Waals surface area contributed by atoms with E-state index < -0.39 is 5.97 Å². The molecule has 0 aliphatic carbocycles. The van der Waals surface area contributed by atoms with E-state index in [4.69, 9.17) is 9.84 Å². The molecule has 1 aliphatic rings. The molecule has 0 aromatic rings. The lowest BCUT2D eigenvalue weighted by molar-refractivity contribution is -0.145. The van der Waals surface area contributed by atoms with Crippen LogP contribution in [0.2, 0.25) is 0 Å². The van der Waals surface area contributed by atoms with Crippen LogP contribution in [-0.4, -0.2) is 48.3 Å². The van der Waals surface area contributed by atoms with Gasteiger partial charge in [-0.3, -0.25) is 4.90 Å². The SMILES string of the molecule is CC#CCN1CCC(OCC(=O)O)CC1. The van der Waals surface area contributed by atoms with Gasteiger partial charge >= 0.3 is 5.97 Å². The van der Waals surface area contributed by atoms with Gasteiger partial charge in [-0.1, -0.05) is 5.92 Å². The number of rotatable bonds is 4. The minimum atomic E-state index is -0.894. The first-order chi connectivity index (χ1) is 7.22. The monoisotopic (exact) mass is 211 g/mol. The van der Waals surface area contributed by atoms with Crippen molar-refractivity contribution < 1.29 is 14.6 Å². The molecule has 4 nitrogen and oxygen atoms in total. The van der Waals surface area contributed by atoms with Crippen LogP contribution in [0.1, 0.15) is 19.8 Å². The van der Waals surface area contributed by atoms with Crippen LogP contribution >= 0.6 is 0 Å². The Morgan fingerprint density at radius 1 is 1.53 bits per heavy atom. The summed E-state index contributed by atoms with van der Waals surface area (Å²) in [5.74, 6) is 5.00. The maximum atomic E-state index is 10.3. The van der Waals surface area contributed by atoms with Crippen LogP contribution in [0.15, 0.2) is 0 Å². The number of carbonyl (C=O) groups is 1. The number of carboxylic acids is 1. The number of ether oxygens (including phenoxy) is 1. The van der Waals surface area contributed by atoms with Crippen molar-refractivity contribution in [3.8, 4) is 11.8 Å². The Morgan fingerprint density at radius 2 is 2.20 bits per heavy atom. The second-order valence-electron chi connectivity index (χ2n) is 3.61. The number of aliphatic carboxylic acids is 1. The molecular formula is C11H17NO3. The highest BCUT2D eigenvalue weighted by Gasteiger charge is 2.19. The molecule has 4 heteroatoms. The highest BCUT2D eigenvalue weighted by Crippen LogP contribution is 2.12. The van der Waals surface area contributed by atoms with Gasteiger partial charge in [-0.15, -0.1) is 5.92 Å². The molecule has 1 saturated heterocycles. The Morgan fingerprint density at radius 3 is 2.73 bits per heavy atom. The van der Waals surface area contributed by atoms with Gasteiger partial charge in [0, 0.05) is 13.1 Å². The van der Waals surface area contributed by atoms with Gasteiger partial charge < -0.3 is 9.84 Å². The maximum absolute atomic E-state index is 10.3. The van der Waals surface area contributed by atoms with Crippen molar-refractivity contribution in [3.05, 3.63) is 0 Å². The third-order valence-electron chi connectivity index (χ3n) is 2.46. The summed E-state index contributed by atoms with van der Waals surface area (Å²) in [4.78, 5) is 12.6. The van der Waals surface area contributed by atoms with Crippen molar-refractivity contribution in [1.82, 2.24) is 4.90 Å². The molecule has 1 N–H and O–H groups in total. The van der Waals surface area contributed by atoms with Crippen molar-refractivity contribution in [3.63, 3.8) is 0 Å². The number of likely N-dealkylation sites (tertiary alicyclic amines) is 1. The topological polar surface area (TPSA) is 49.8 Å². The molecule has 15 heavy (non-hydrogen) atoms. The Kier molecular flexibility index (Phi) is 5.16. The van der Waals surface area contributed by atoms with Gasteiger partial charge in [-0.05, 0) is 19.8 Å². The van der Waals surface area contributed by atoms with Crippen molar-refractivity contribution in [2.75, 3.05) is 26.2 Å². The largest absolute Gasteiger partial charge is 0.480 e. The lowest BCUT2D eigenvalue weighted by Crippen LogP contribution is -2.37. The fourth-order valence-electron chi connectivity index (χ4n) is 1.61. The normalized spacial score (nSPS) is 18.2. The standard InChI is InChI=1S/C11H17NO3/c1-2-3-6-12-7-4-10(5-8-12)15-9-11(13)14/h10H,4-9H2,1H3,(H,13,14). The molecule has 84 valence electrons. The third-order valence-corrected chi connectivity index (χ3v) is 2.46. The molecule has 0 saturated carbocycles. The van der Waals surface area contributed by atoms with Crippen LogP contribution in [0.25, 0.3) is 0 Å². The molecule has 1 rings (SSSR count). The Labute approximate surface area is 90.2 Å². The van der Waals surface area contributed by atoms with Crippen LogP contribution in [0.5, 0.6) is 0 Å². The zero-order valence-electron chi connectivity index (χ0n) is 9.03. The molecule has 0 atom stereocenters. The Balaban J connectivity index is 2.17. The van der Waals surface area contributed by atoms with E-state index in [2.05, 4.69) is 16.7 Å². The predicted molar refractivity (Wildman–Crippen MR) is 56.5 cm³/mol. The smallest absolute Gasteiger partial charge is 0.329 e. The van der Waals surface area contributed by atoms with Crippen LogP contribution in [-0.2, 0) is 9.53 Å². The number of hydrogen-bond acceptors (Lipinski definition) is 3. The van der Waals surface area contributed by atoms with Gasteiger partial charge in [0.1, 0.15) is 6.61 Å². The fraction of sp³-hybridized carbons (Fsp3) is 0.727. The summed E-state index contributed by atoms with van der Waals surface area (Å²) in [6.45, 7) is 4.35. The first kappa shape index (κ1) is 12.0. The average Bonchev–Trinajstić information content (AvgIpc) is 2.25. The zero-order chi connectivity index (χ0) is 11.1. The molecule has 1 heterocycles. The van der Waals surface area contributed by atoms with E-state index in [1.807, 2.05) is 6.92 Å². The average molecular weight is 211 g/mol. The molecule has 0 bridgehead atoms. The van der Waals surface area contributed by atoms with Gasteiger partial charge in [0.15, 0.2) is 0 Å². The van der Waals surface area contributed by atoms with E-state index in [9.17, 15) is 4.79 Å². The second-order valence-corrected chi connectivity index (χ2v) is 3.61. The van der Waals surface area contributed by atoms with E-state index in [0.29, 0.717) is 0 Å². The highest BCUT2D eigenvalue weighted by atomic mass is 16.5. The van der Waals surface area contributed by atoms with E-state index >= 15 is 0 Å². The van der Waals surface area contributed by atoms with Gasteiger partial charge in [0.2, 0.25) is 0 Å². The van der Waals surface area contributed by atoms with Gasteiger partial charge in [0.25, 0.3) is 0 Å². The summed E-state index contributed by atoms with van der Waals surface area (Å²) in [6, 6.07) is 0. The second kappa shape index (κ2) is 6.44. The van der Waals surface area contributed by atoms with Gasteiger partial charge in [0.05, 0.1) is 12.6 Å². The molecule has 0 amide bonds. The van der Waals surface area contributed by atoms with Crippen molar-refractivity contribution in [2.45, 2.75) is 25.9 Å². The van der Waals surface area contributed by atoms with Crippen LogP contribution in [0.4, 0.5) is 0 Å². The lowest BCUT2D eigenvalue weighted by Gasteiger charge is -2.30. The third kappa shape index (κ3) is 4.82. The van der Waals surface area contributed by atoms with Crippen molar-refractivity contribution in [1.29, 1.82) is 0 Å². The van der Waals surface area contributed by atoms with Crippen molar-refractivity contribution >= 4 is 5.97 Å². The summed E-state index contributed by atoms with van der Waals surface area (Å²) in [7, 11) is 0. The lowest BCUT2D eigenvalue weighted by atomic mass is 10.1. The van der Waals surface area contributed by atoms with E-state index in [1.54, 1.807) is 0 Å². The van der Waals surface area contributed by atoms with Crippen LogP contribution < -0.4 is 0 Å². The summed E-state index contributed by atoms with van der Waals surface area (Å²) in [6.07, 6.45) is 1.91. The number of nitrogens with zero attached hydrogens (tertiary/aromatic N) is 1. The molecule has 1 aliphatic heterocycles. The molecule has 0 aromatic heterocycles. The molecule has 1 fully saturated rings. The van der Waals surface area contributed by atoms with Gasteiger partial charge in [-0.2, -0.15) is 0 Å². The Hall–Kier alpha value is -1.05. The van der Waals surface area contributed by atoms with Crippen LogP contribution in [0, 0.1) is 11.8 Å². The quantitative estimate of drug-likeness (QED) is 0.691. The summed E-state index contributed by atoms with van der Waals surface area (Å²) < 4.78 is 5.23. The first-order valence-electron chi connectivity index (χ1n) is 5.17. The maximum Gasteiger partial charge on any atom is 0.329 e. The first-order valence-corrected chi connectivity index (χ1v) is 5.17. The minimum Gasteiger partial charge on any atom is -0.480 e. The van der Waals surface area contributed by atoms with E-state index in [0.717, 1.165) is 32.5 Å². The molecule has 0 spiro atoms. The predicted octanol–water partition coefficient (Wildman–Crippen LogP) is 0.575. The summed E-state index contributed by atoms with van der Waals surface area (Å²) >= 11 is 0. The number of hydrogen-bond donors (Lipinski definition) is 1. The van der Waals surface area contributed by atoms with Crippen LogP contribution in [0.3, 0.4) is 0 Å². The Bertz CT molecular complexity index is 259. The fourth-order valence-corrected chi connectivity index (χ4v) is 1.61. The number of piperidine rings is 1. The van der Waals surface area contributed by atoms with Gasteiger partial charge in [-0.25, -0.2) is 4.79 Å². The van der Waals surface area contributed by atoms with Crippen molar-refractivity contribution in [2.24, 2.45) is 0 Å². The minimum absolute atomic E-state index is 0.104. The molecule has 0 radical (unpaired) electrons. The molecule has 0 unspecified atom stereocenters. The highest BCUT2D eigenvalue weighted by molar-refractivity contribution is 5.68. The molecular weight excluding hydrogens is 194 g/mol. The van der Waals surface area contributed by atoms with E-state index in [-0.39, 0.29) is 12.7 Å². The number of carboxylic acid groups (broad SMARTS) is 1. The summed E-state index contributed by atoms with van der Waals surface area (Å²) in [5.41, 5.74) is 0. The molecule has 0 aromatic carbocycles. The van der Waals surface area contributed by atoms with E-state index in [1.165, 1.54) is 0 Å².